The SMILES string of the molecule is CC1=C(C(=O)Nc2ccc(C)cc2C)C(c2ccc(OCc3c(F)cccc3Cl)cc2)n2nnnc2N1. The van der Waals surface area contributed by atoms with E-state index in [0.29, 0.717) is 28.0 Å². The van der Waals surface area contributed by atoms with Crippen molar-refractivity contribution in [3.05, 3.63) is 105 Å². The smallest absolute Gasteiger partial charge is 0.255 e. The molecule has 2 N–H and O–H groups in total. The molecule has 0 saturated heterocycles. The van der Waals surface area contributed by atoms with Crippen LogP contribution in [0.4, 0.5) is 16.0 Å². The molecule has 37 heavy (non-hydrogen) atoms. The fourth-order valence-electron chi connectivity index (χ4n) is 4.33. The molecule has 188 valence electrons. The van der Waals surface area contributed by atoms with Gasteiger partial charge in [-0.05, 0) is 72.7 Å². The van der Waals surface area contributed by atoms with Crippen LogP contribution in [0.25, 0.3) is 0 Å². The molecule has 0 aliphatic carbocycles. The molecule has 1 amide bonds. The number of carbonyl (C=O) groups is 1. The number of fused-ring (bicyclic) bond motifs is 1. The molecule has 1 unspecified atom stereocenters. The number of nitrogens with one attached hydrogen (secondary N) is 2. The lowest BCUT2D eigenvalue weighted by molar-refractivity contribution is -0.113. The van der Waals surface area contributed by atoms with Crippen molar-refractivity contribution in [3.63, 3.8) is 0 Å². The van der Waals surface area contributed by atoms with Gasteiger partial charge in [0.1, 0.15) is 24.2 Å². The molecule has 1 aliphatic rings. The number of carbonyl (C=O) groups excluding carboxylic acids is 1. The van der Waals surface area contributed by atoms with Gasteiger partial charge in [-0.1, -0.05) is 52.6 Å². The van der Waals surface area contributed by atoms with Crippen molar-refractivity contribution < 1.29 is 13.9 Å². The van der Waals surface area contributed by atoms with E-state index in [1.54, 1.807) is 28.9 Å². The van der Waals surface area contributed by atoms with Gasteiger partial charge in [0.2, 0.25) is 5.95 Å². The van der Waals surface area contributed by atoms with Gasteiger partial charge in [-0.15, -0.1) is 0 Å². The van der Waals surface area contributed by atoms with Gasteiger partial charge in [-0.3, -0.25) is 4.79 Å². The molecule has 0 radical (unpaired) electrons. The van der Waals surface area contributed by atoms with Gasteiger partial charge in [-0.25, -0.2) is 4.39 Å². The molecular weight excluding hydrogens is 495 g/mol. The van der Waals surface area contributed by atoms with Crippen molar-refractivity contribution in [2.24, 2.45) is 0 Å². The van der Waals surface area contributed by atoms with Crippen LogP contribution in [0.3, 0.4) is 0 Å². The Bertz CT molecular complexity index is 1500. The Morgan fingerprint density at radius 1 is 1.14 bits per heavy atom. The number of tetrazole rings is 1. The Kier molecular flexibility index (Phi) is 6.62. The van der Waals surface area contributed by atoms with Gasteiger partial charge in [0.05, 0.1) is 10.6 Å². The number of aryl methyl sites for hydroxylation is 2. The zero-order valence-electron chi connectivity index (χ0n) is 20.4. The summed E-state index contributed by atoms with van der Waals surface area (Å²) in [5, 5.41) is 18.4. The molecule has 0 saturated carbocycles. The second-order valence-corrected chi connectivity index (χ2v) is 9.25. The second kappa shape index (κ2) is 10.0. The molecule has 2 heterocycles. The van der Waals surface area contributed by atoms with Crippen molar-refractivity contribution in [1.82, 2.24) is 20.2 Å². The molecular formula is C27H24ClFN6O2. The number of benzene rings is 3. The van der Waals surface area contributed by atoms with Crippen LogP contribution in [-0.2, 0) is 11.4 Å². The first kappa shape index (κ1) is 24.5. The number of amides is 1. The third-order valence-corrected chi connectivity index (χ3v) is 6.58. The summed E-state index contributed by atoms with van der Waals surface area (Å²) in [6.45, 7) is 5.76. The molecule has 1 atom stereocenters. The molecule has 0 bridgehead atoms. The number of halogens is 2. The number of nitrogens with zero attached hydrogens (tertiary/aromatic N) is 4. The van der Waals surface area contributed by atoms with E-state index >= 15 is 0 Å². The Morgan fingerprint density at radius 2 is 1.92 bits per heavy atom. The van der Waals surface area contributed by atoms with Gasteiger partial charge in [0, 0.05) is 16.9 Å². The summed E-state index contributed by atoms with van der Waals surface area (Å²) < 4.78 is 21.4. The third kappa shape index (κ3) is 4.90. The number of hydrogen-bond acceptors (Lipinski definition) is 6. The van der Waals surface area contributed by atoms with Crippen molar-refractivity contribution in [3.8, 4) is 5.75 Å². The number of ether oxygens (including phenoxy) is 1. The van der Waals surface area contributed by atoms with E-state index < -0.39 is 11.9 Å². The van der Waals surface area contributed by atoms with Gasteiger partial charge < -0.3 is 15.4 Å². The fraction of sp³-hybridized carbons (Fsp3) is 0.185. The highest BCUT2D eigenvalue weighted by Gasteiger charge is 2.34. The first-order valence-corrected chi connectivity index (χ1v) is 12.0. The van der Waals surface area contributed by atoms with Crippen LogP contribution in [-0.4, -0.2) is 26.1 Å². The van der Waals surface area contributed by atoms with Crippen LogP contribution in [0.15, 0.2) is 71.9 Å². The Morgan fingerprint density at radius 3 is 2.65 bits per heavy atom. The molecule has 4 aromatic rings. The Balaban J connectivity index is 1.42. The van der Waals surface area contributed by atoms with Crippen LogP contribution in [0.5, 0.6) is 5.75 Å². The van der Waals surface area contributed by atoms with E-state index in [9.17, 15) is 9.18 Å². The summed E-state index contributed by atoms with van der Waals surface area (Å²) in [7, 11) is 0. The van der Waals surface area contributed by atoms with Crippen LogP contribution in [0.1, 0.15) is 35.2 Å². The molecule has 1 aromatic heterocycles. The number of hydrogen-bond donors (Lipinski definition) is 2. The second-order valence-electron chi connectivity index (χ2n) is 8.84. The van der Waals surface area contributed by atoms with E-state index in [2.05, 4.69) is 26.2 Å². The maximum Gasteiger partial charge on any atom is 0.255 e. The van der Waals surface area contributed by atoms with Crippen LogP contribution >= 0.6 is 11.6 Å². The monoisotopic (exact) mass is 518 g/mol. The maximum atomic E-state index is 14.1. The van der Waals surface area contributed by atoms with E-state index in [-0.39, 0.29) is 18.1 Å². The molecule has 8 nitrogen and oxygen atoms in total. The van der Waals surface area contributed by atoms with Crippen molar-refractivity contribution >= 4 is 29.1 Å². The van der Waals surface area contributed by atoms with Gasteiger partial charge >= 0.3 is 0 Å². The normalized spacial score (nSPS) is 14.7. The van der Waals surface area contributed by atoms with Gasteiger partial charge in [0.25, 0.3) is 5.91 Å². The summed E-state index contributed by atoms with van der Waals surface area (Å²) in [5.41, 5.74) is 4.99. The van der Waals surface area contributed by atoms with Crippen molar-refractivity contribution in [2.45, 2.75) is 33.4 Å². The summed E-state index contributed by atoms with van der Waals surface area (Å²) in [6, 6.07) is 17.0. The molecule has 0 fully saturated rings. The first-order chi connectivity index (χ1) is 17.8. The number of aromatic nitrogens is 4. The molecule has 5 rings (SSSR count). The molecule has 10 heteroatoms. The lowest BCUT2D eigenvalue weighted by atomic mass is 9.94. The standard InChI is InChI=1S/C27H24ClFN6O2/c1-15-7-12-23(16(2)13-15)31-26(36)24-17(3)30-27-32-33-34-35(27)25(24)18-8-10-19(11-9-18)37-14-20-21(28)5-4-6-22(20)29/h4-13,25H,14H2,1-3H3,(H,31,36)(H,30,32,34). The van der Waals surface area contributed by atoms with Gasteiger partial charge in [-0.2, -0.15) is 4.68 Å². The minimum Gasteiger partial charge on any atom is -0.489 e. The number of rotatable bonds is 6. The summed E-state index contributed by atoms with van der Waals surface area (Å²) in [4.78, 5) is 13.6. The predicted octanol–water partition coefficient (Wildman–Crippen LogP) is 5.59. The van der Waals surface area contributed by atoms with E-state index in [1.807, 2.05) is 51.1 Å². The van der Waals surface area contributed by atoms with Crippen LogP contribution < -0.4 is 15.4 Å². The minimum absolute atomic E-state index is 0.0160. The van der Waals surface area contributed by atoms with E-state index in [4.69, 9.17) is 16.3 Å². The number of allylic oxidation sites excluding steroid dienone is 1. The largest absolute Gasteiger partial charge is 0.489 e. The minimum atomic E-state index is -0.577. The highest BCUT2D eigenvalue weighted by atomic mass is 35.5. The zero-order chi connectivity index (χ0) is 26.1. The molecule has 1 aliphatic heterocycles. The average molecular weight is 519 g/mol. The summed E-state index contributed by atoms with van der Waals surface area (Å²) in [5.74, 6) is 0.263. The van der Waals surface area contributed by atoms with Crippen molar-refractivity contribution in [2.75, 3.05) is 10.6 Å². The number of anilines is 2. The van der Waals surface area contributed by atoms with Gasteiger partial charge in [0.15, 0.2) is 0 Å². The quantitative estimate of drug-likeness (QED) is 0.345. The molecule has 0 spiro atoms. The topological polar surface area (TPSA) is 94.0 Å². The van der Waals surface area contributed by atoms with E-state index in [0.717, 1.165) is 22.4 Å². The maximum absolute atomic E-state index is 14.1. The summed E-state index contributed by atoms with van der Waals surface area (Å²) in [6.07, 6.45) is 0. The Labute approximate surface area is 218 Å². The lowest BCUT2D eigenvalue weighted by Gasteiger charge is -2.28. The first-order valence-electron chi connectivity index (χ1n) is 11.6. The van der Waals surface area contributed by atoms with Crippen LogP contribution in [0, 0.1) is 19.7 Å². The summed E-state index contributed by atoms with van der Waals surface area (Å²) >= 11 is 6.10. The third-order valence-electron chi connectivity index (χ3n) is 6.23. The van der Waals surface area contributed by atoms with E-state index in [1.165, 1.54) is 6.07 Å². The highest BCUT2D eigenvalue weighted by Crippen LogP contribution is 2.36. The predicted molar refractivity (Wildman–Crippen MR) is 139 cm³/mol. The van der Waals surface area contributed by atoms with Crippen LogP contribution in [0.2, 0.25) is 5.02 Å². The average Bonchev–Trinajstić information content (AvgIpc) is 3.33. The van der Waals surface area contributed by atoms with Crippen molar-refractivity contribution in [1.29, 1.82) is 0 Å². The zero-order valence-corrected chi connectivity index (χ0v) is 21.2. The molecule has 3 aromatic carbocycles. The lowest BCUT2D eigenvalue weighted by Crippen LogP contribution is -2.31. The highest BCUT2D eigenvalue weighted by molar-refractivity contribution is 6.31. The fourth-order valence-corrected chi connectivity index (χ4v) is 4.55. The Hall–Kier alpha value is -4.24.